The lowest BCUT2D eigenvalue weighted by molar-refractivity contribution is -0.154. The predicted molar refractivity (Wildman–Crippen MR) is 260 cm³/mol. The topological polar surface area (TPSA) is 55.8 Å². The number of hydrogen-bond acceptors (Lipinski definition) is 4. The summed E-state index contributed by atoms with van der Waals surface area (Å²) in [5, 5.41) is 9.66. The zero-order chi connectivity index (χ0) is 42.6. The van der Waals surface area contributed by atoms with Gasteiger partial charge < -0.3 is 14.6 Å². The fourth-order valence-corrected chi connectivity index (χ4v) is 7.99. The second-order valence-electron chi connectivity index (χ2n) is 18.0. The molecule has 0 fully saturated rings. The Labute approximate surface area is 370 Å². The van der Waals surface area contributed by atoms with Crippen LogP contribution in [0.4, 0.5) is 0 Å². The van der Waals surface area contributed by atoms with Crippen LogP contribution in [0.5, 0.6) is 0 Å². The summed E-state index contributed by atoms with van der Waals surface area (Å²) < 4.78 is 11.2. The van der Waals surface area contributed by atoms with Crippen molar-refractivity contribution in [3.63, 3.8) is 0 Å². The lowest BCUT2D eigenvalue weighted by Crippen LogP contribution is -2.27. The lowest BCUT2D eigenvalue weighted by atomic mass is 10.0. The normalized spacial score (nSPS) is 12.5. The van der Waals surface area contributed by atoms with Crippen LogP contribution in [0, 0.1) is 0 Å². The Morgan fingerprint density at radius 3 is 1.07 bits per heavy atom. The number of allylic oxidation sites excluding steroid dienone is 6. The van der Waals surface area contributed by atoms with E-state index in [1.54, 1.807) is 0 Å². The van der Waals surface area contributed by atoms with Gasteiger partial charge in [-0.2, -0.15) is 0 Å². The number of aliphatic hydroxyl groups excluding tert-OH is 1. The van der Waals surface area contributed by atoms with E-state index in [0.717, 1.165) is 32.1 Å². The number of rotatable bonds is 50. The molecular formula is C55H104O4. The first-order chi connectivity index (χ1) is 29.2. The first-order valence-corrected chi connectivity index (χ1v) is 26.6. The highest BCUT2D eigenvalue weighted by molar-refractivity contribution is 5.69. The summed E-state index contributed by atoms with van der Waals surface area (Å²) in [6, 6.07) is 0. The molecule has 0 radical (unpaired) electrons. The minimum absolute atomic E-state index is 0.173. The van der Waals surface area contributed by atoms with Crippen LogP contribution < -0.4 is 0 Å². The van der Waals surface area contributed by atoms with E-state index in [1.807, 2.05) is 0 Å². The molecule has 0 aliphatic carbocycles. The average molecular weight is 829 g/mol. The molecule has 0 saturated heterocycles. The molecule has 59 heavy (non-hydrogen) atoms. The molecule has 0 saturated carbocycles. The predicted octanol–water partition coefficient (Wildman–Crippen LogP) is 18.0. The van der Waals surface area contributed by atoms with Crippen molar-refractivity contribution in [1.82, 2.24) is 0 Å². The molecular weight excluding hydrogens is 725 g/mol. The molecule has 0 aliphatic heterocycles. The van der Waals surface area contributed by atoms with Gasteiger partial charge in [-0.05, 0) is 51.4 Å². The third-order valence-corrected chi connectivity index (χ3v) is 12.0. The third kappa shape index (κ3) is 50.9. The number of esters is 1. The molecule has 0 heterocycles. The summed E-state index contributed by atoms with van der Waals surface area (Å²) in [6.45, 7) is 5.36. The number of hydrogen-bond donors (Lipinski definition) is 1. The first-order valence-electron chi connectivity index (χ1n) is 26.6. The highest BCUT2D eigenvalue weighted by atomic mass is 16.6. The van der Waals surface area contributed by atoms with Crippen molar-refractivity contribution in [3.05, 3.63) is 36.5 Å². The summed E-state index contributed by atoms with van der Waals surface area (Å²) in [7, 11) is 0. The molecule has 1 atom stereocenters. The van der Waals surface area contributed by atoms with Crippen LogP contribution in [-0.2, 0) is 14.3 Å². The molecule has 0 aromatic heterocycles. The molecule has 0 aliphatic rings. The molecule has 0 amide bonds. The average Bonchev–Trinajstić information content (AvgIpc) is 3.24. The van der Waals surface area contributed by atoms with Crippen molar-refractivity contribution in [2.75, 3.05) is 19.8 Å². The van der Waals surface area contributed by atoms with Crippen LogP contribution in [-0.4, -0.2) is 37.0 Å². The van der Waals surface area contributed by atoms with Crippen LogP contribution in [0.15, 0.2) is 36.5 Å². The van der Waals surface area contributed by atoms with E-state index in [1.165, 1.54) is 231 Å². The van der Waals surface area contributed by atoms with Crippen LogP contribution in [0.2, 0.25) is 0 Å². The van der Waals surface area contributed by atoms with Gasteiger partial charge in [0.1, 0.15) is 6.10 Å². The van der Waals surface area contributed by atoms with Gasteiger partial charge in [0.25, 0.3) is 0 Å². The van der Waals surface area contributed by atoms with Gasteiger partial charge in [-0.25, -0.2) is 0 Å². The standard InChI is InChI=1S/C55H104O4/c1-3-5-7-9-11-13-15-17-19-21-23-25-27-28-29-30-32-34-36-38-40-42-44-46-48-50-55(57)59-54(52-56)53-58-51-49-47-45-43-41-39-37-35-33-31-26-24-22-20-18-16-14-12-10-8-6-4-2/h16,18,22,24,31,33,54,56H,3-15,17,19-21,23,25-30,32,34-53H2,1-2H3/b18-16-,24-22-,33-31-. The van der Waals surface area contributed by atoms with Gasteiger partial charge in [0, 0.05) is 13.0 Å². The summed E-state index contributed by atoms with van der Waals surface area (Å²) in [5.74, 6) is -0.198. The molecule has 0 spiro atoms. The summed E-state index contributed by atoms with van der Waals surface area (Å²) in [4.78, 5) is 12.3. The van der Waals surface area contributed by atoms with Crippen molar-refractivity contribution in [1.29, 1.82) is 0 Å². The Balaban J connectivity index is 3.39. The third-order valence-electron chi connectivity index (χ3n) is 12.0. The van der Waals surface area contributed by atoms with Crippen molar-refractivity contribution >= 4 is 5.97 Å². The van der Waals surface area contributed by atoms with Gasteiger partial charge in [-0.1, -0.05) is 262 Å². The Kier molecular flexibility index (Phi) is 51.5. The van der Waals surface area contributed by atoms with Gasteiger partial charge in [-0.15, -0.1) is 0 Å². The first kappa shape index (κ1) is 57.6. The smallest absolute Gasteiger partial charge is 0.306 e. The maximum absolute atomic E-state index is 12.3. The van der Waals surface area contributed by atoms with E-state index in [0.29, 0.717) is 19.6 Å². The van der Waals surface area contributed by atoms with Crippen LogP contribution in [0.1, 0.15) is 284 Å². The van der Waals surface area contributed by atoms with E-state index in [4.69, 9.17) is 9.47 Å². The van der Waals surface area contributed by atoms with E-state index in [9.17, 15) is 9.90 Å². The molecule has 4 nitrogen and oxygen atoms in total. The molecule has 0 aromatic carbocycles. The van der Waals surface area contributed by atoms with Gasteiger partial charge in [0.15, 0.2) is 0 Å². The van der Waals surface area contributed by atoms with E-state index in [-0.39, 0.29) is 12.6 Å². The van der Waals surface area contributed by atoms with Gasteiger partial charge in [0.05, 0.1) is 13.2 Å². The van der Waals surface area contributed by atoms with Gasteiger partial charge >= 0.3 is 5.97 Å². The number of aliphatic hydroxyl groups is 1. The summed E-state index contributed by atoms with van der Waals surface area (Å²) in [6.07, 6.45) is 68.2. The molecule has 348 valence electrons. The zero-order valence-electron chi connectivity index (χ0n) is 40.0. The van der Waals surface area contributed by atoms with Crippen molar-refractivity contribution in [2.24, 2.45) is 0 Å². The maximum atomic E-state index is 12.3. The summed E-state index contributed by atoms with van der Waals surface area (Å²) >= 11 is 0. The minimum Gasteiger partial charge on any atom is -0.457 e. The molecule has 1 N–H and O–H groups in total. The second kappa shape index (κ2) is 52.7. The Hall–Kier alpha value is -1.39. The Bertz CT molecular complexity index is 878. The van der Waals surface area contributed by atoms with Crippen molar-refractivity contribution < 1.29 is 19.4 Å². The number of carbonyl (C=O) groups is 1. The van der Waals surface area contributed by atoms with Gasteiger partial charge in [-0.3, -0.25) is 4.79 Å². The fraction of sp³-hybridized carbons (Fsp3) is 0.873. The quantitative estimate of drug-likeness (QED) is 0.0377. The Morgan fingerprint density at radius 2 is 0.712 bits per heavy atom. The fourth-order valence-electron chi connectivity index (χ4n) is 7.99. The molecule has 4 heteroatoms. The van der Waals surface area contributed by atoms with Gasteiger partial charge in [0.2, 0.25) is 0 Å². The van der Waals surface area contributed by atoms with Crippen LogP contribution in [0.25, 0.3) is 0 Å². The highest BCUT2D eigenvalue weighted by Gasteiger charge is 2.13. The second-order valence-corrected chi connectivity index (χ2v) is 18.0. The zero-order valence-corrected chi connectivity index (χ0v) is 40.0. The number of unbranched alkanes of at least 4 members (excludes halogenated alkanes) is 36. The SMILES string of the molecule is CCCCCCC/C=C\C/C=C\C/C=C\CCCCCCCCCOCC(CO)OC(=O)CCCCCCCCCCCCCCCCCCCCCCCCCCC. The molecule has 0 bridgehead atoms. The monoisotopic (exact) mass is 829 g/mol. The highest BCUT2D eigenvalue weighted by Crippen LogP contribution is 2.17. The van der Waals surface area contributed by atoms with E-state index < -0.39 is 6.10 Å². The number of carbonyl (C=O) groups excluding carboxylic acids is 1. The largest absolute Gasteiger partial charge is 0.457 e. The summed E-state index contributed by atoms with van der Waals surface area (Å²) in [5.41, 5.74) is 0. The van der Waals surface area contributed by atoms with Crippen LogP contribution >= 0.6 is 0 Å². The van der Waals surface area contributed by atoms with E-state index in [2.05, 4.69) is 50.3 Å². The minimum atomic E-state index is -0.538. The Morgan fingerprint density at radius 1 is 0.407 bits per heavy atom. The van der Waals surface area contributed by atoms with Crippen molar-refractivity contribution in [2.45, 2.75) is 290 Å². The maximum Gasteiger partial charge on any atom is 0.306 e. The van der Waals surface area contributed by atoms with E-state index >= 15 is 0 Å². The lowest BCUT2D eigenvalue weighted by Gasteiger charge is -2.16. The molecule has 1 unspecified atom stereocenters. The molecule has 0 rings (SSSR count). The molecule has 0 aromatic rings. The number of ether oxygens (including phenoxy) is 2. The van der Waals surface area contributed by atoms with Crippen molar-refractivity contribution in [3.8, 4) is 0 Å². The van der Waals surface area contributed by atoms with Crippen LogP contribution in [0.3, 0.4) is 0 Å².